The van der Waals surface area contributed by atoms with E-state index in [1.807, 2.05) is 42.8 Å². The lowest BCUT2D eigenvalue weighted by Crippen LogP contribution is -2.44. The van der Waals surface area contributed by atoms with Crippen LogP contribution in [0, 0.1) is 5.41 Å². The van der Waals surface area contributed by atoms with Gasteiger partial charge in [-0.05, 0) is 25.7 Å². The lowest BCUT2D eigenvalue weighted by Gasteiger charge is -2.35. The van der Waals surface area contributed by atoms with Crippen molar-refractivity contribution in [1.82, 2.24) is 29.2 Å². The predicted molar refractivity (Wildman–Crippen MR) is 97.6 cm³/mol. The second kappa shape index (κ2) is 6.52. The van der Waals surface area contributed by atoms with E-state index in [0.717, 1.165) is 37.6 Å². The molecule has 140 valence electrons. The monoisotopic (exact) mass is 356 g/mol. The molecule has 0 spiro atoms. The molecule has 1 amide bonds. The highest BCUT2D eigenvalue weighted by Gasteiger charge is 2.35. The van der Waals surface area contributed by atoms with Gasteiger partial charge in [0, 0.05) is 42.9 Å². The molecule has 0 atom stereocenters. The zero-order valence-corrected chi connectivity index (χ0v) is 15.9. The number of carbonyl (C=O) groups is 1. The third-order valence-electron chi connectivity index (χ3n) is 5.38. The van der Waals surface area contributed by atoms with Crippen molar-refractivity contribution in [1.29, 1.82) is 0 Å². The van der Waals surface area contributed by atoms with Crippen LogP contribution in [0.5, 0.6) is 0 Å². The number of piperidine rings is 1. The number of nitrogens with zero attached hydrogens (tertiary/aromatic N) is 6. The van der Waals surface area contributed by atoms with Gasteiger partial charge in [0.2, 0.25) is 5.91 Å². The van der Waals surface area contributed by atoms with Crippen LogP contribution in [0.2, 0.25) is 0 Å². The van der Waals surface area contributed by atoms with Crippen LogP contribution in [0.4, 0.5) is 0 Å². The maximum atomic E-state index is 12.5. The van der Waals surface area contributed by atoms with Gasteiger partial charge in [0.15, 0.2) is 5.82 Å². The Morgan fingerprint density at radius 1 is 1.15 bits per heavy atom. The fourth-order valence-corrected chi connectivity index (χ4v) is 3.81. The van der Waals surface area contributed by atoms with E-state index in [2.05, 4.69) is 19.7 Å². The molecule has 2 aromatic heterocycles. The van der Waals surface area contributed by atoms with Crippen molar-refractivity contribution in [2.45, 2.75) is 65.0 Å². The number of hydrogen-bond acceptors (Lipinski definition) is 4. The van der Waals surface area contributed by atoms with E-state index in [-0.39, 0.29) is 11.3 Å². The van der Waals surface area contributed by atoms with Crippen LogP contribution in [0.3, 0.4) is 0 Å². The summed E-state index contributed by atoms with van der Waals surface area (Å²) in [6.07, 6.45) is 9.94. The number of carbonyl (C=O) groups excluding carboxylic acids is 1. The molecule has 2 fully saturated rings. The highest BCUT2D eigenvalue weighted by Crippen LogP contribution is 2.40. The van der Waals surface area contributed by atoms with Crippen LogP contribution >= 0.6 is 0 Å². The van der Waals surface area contributed by atoms with E-state index in [4.69, 9.17) is 0 Å². The summed E-state index contributed by atoms with van der Waals surface area (Å²) in [6, 6.07) is 0.549. The van der Waals surface area contributed by atoms with E-state index in [0.29, 0.717) is 18.5 Å². The topological polar surface area (TPSA) is 68.8 Å². The van der Waals surface area contributed by atoms with Gasteiger partial charge < -0.3 is 14.0 Å². The molecule has 1 aliphatic heterocycles. The van der Waals surface area contributed by atoms with Crippen LogP contribution < -0.4 is 0 Å². The summed E-state index contributed by atoms with van der Waals surface area (Å²) in [5.41, 5.74) is -0.307. The molecule has 4 rings (SSSR count). The molecular weight excluding hydrogens is 328 g/mol. The van der Waals surface area contributed by atoms with E-state index < -0.39 is 0 Å². The number of amides is 1. The molecule has 0 unspecified atom stereocenters. The minimum Gasteiger partial charge on any atom is -0.342 e. The van der Waals surface area contributed by atoms with Crippen LogP contribution in [0.25, 0.3) is 0 Å². The second-order valence-corrected chi connectivity index (χ2v) is 8.63. The first-order chi connectivity index (χ1) is 12.4. The first-order valence-corrected chi connectivity index (χ1v) is 9.62. The average Bonchev–Trinajstić information content (AvgIpc) is 3.15. The molecular formula is C19H28N6O. The standard InChI is InChI=1S/C19H28N6O/c1-19(2,3)18(26)24-9-6-14(7-10-24)17-22-21-16(25(17)15-4-5-15)12-23-11-8-20-13-23/h8,11,13-15H,4-7,9-10,12H2,1-3H3. The molecule has 26 heavy (non-hydrogen) atoms. The van der Waals surface area contributed by atoms with Gasteiger partial charge in [0.05, 0.1) is 12.9 Å². The summed E-state index contributed by atoms with van der Waals surface area (Å²) in [6.45, 7) is 8.32. The van der Waals surface area contributed by atoms with Crippen molar-refractivity contribution in [2.24, 2.45) is 5.41 Å². The van der Waals surface area contributed by atoms with Gasteiger partial charge in [-0.2, -0.15) is 0 Å². The van der Waals surface area contributed by atoms with Gasteiger partial charge in [0.25, 0.3) is 0 Å². The molecule has 3 heterocycles. The van der Waals surface area contributed by atoms with Gasteiger partial charge in [-0.3, -0.25) is 4.79 Å². The van der Waals surface area contributed by atoms with Crippen molar-refractivity contribution in [3.63, 3.8) is 0 Å². The molecule has 1 saturated heterocycles. The highest BCUT2D eigenvalue weighted by atomic mass is 16.2. The maximum absolute atomic E-state index is 12.5. The number of hydrogen-bond donors (Lipinski definition) is 0. The van der Waals surface area contributed by atoms with E-state index in [9.17, 15) is 4.79 Å². The Balaban J connectivity index is 1.49. The second-order valence-electron chi connectivity index (χ2n) is 8.63. The SMILES string of the molecule is CC(C)(C)C(=O)N1CCC(c2nnc(Cn3ccnc3)n2C2CC2)CC1. The third-order valence-corrected chi connectivity index (χ3v) is 5.38. The Morgan fingerprint density at radius 3 is 2.46 bits per heavy atom. The smallest absolute Gasteiger partial charge is 0.227 e. The van der Waals surface area contributed by atoms with E-state index >= 15 is 0 Å². The first kappa shape index (κ1) is 17.2. The van der Waals surface area contributed by atoms with Crippen molar-refractivity contribution >= 4 is 5.91 Å². The summed E-state index contributed by atoms with van der Waals surface area (Å²) < 4.78 is 4.41. The molecule has 1 aliphatic carbocycles. The predicted octanol–water partition coefficient (Wildman–Crippen LogP) is 2.61. The van der Waals surface area contributed by atoms with E-state index in [1.165, 1.54) is 12.8 Å². The summed E-state index contributed by atoms with van der Waals surface area (Å²) in [5.74, 6) is 2.78. The molecule has 7 nitrogen and oxygen atoms in total. The average molecular weight is 356 g/mol. The van der Waals surface area contributed by atoms with Crippen molar-refractivity contribution in [2.75, 3.05) is 13.1 Å². The Labute approximate surface area is 154 Å². The number of likely N-dealkylation sites (tertiary alicyclic amines) is 1. The lowest BCUT2D eigenvalue weighted by atomic mass is 9.90. The summed E-state index contributed by atoms with van der Waals surface area (Å²) in [7, 11) is 0. The van der Waals surface area contributed by atoms with Crippen LogP contribution in [-0.4, -0.2) is 48.2 Å². The van der Waals surface area contributed by atoms with Gasteiger partial charge in [-0.15, -0.1) is 10.2 Å². The third kappa shape index (κ3) is 3.39. The first-order valence-electron chi connectivity index (χ1n) is 9.62. The zero-order valence-electron chi connectivity index (χ0n) is 15.9. The molecule has 7 heteroatoms. The summed E-state index contributed by atoms with van der Waals surface area (Å²) in [4.78, 5) is 18.6. The van der Waals surface area contributed by atoms with Gasteiger partial charge in [-0.25, -0.2) is 4.98 Å². The van der Waals surface area contributed by atoms with Gasteiger partial charge in [0.1, 0.15) is 5.82 Å². The molecule has 0 N–H and O–H groups in total. The van der Waals surface area contributed by atoms with Crippen LogP contribution in [0.1, 0.15) is 70.1 Å². The zero-order chi connectivity index (χ0) is 18.3. The van der Waals surface area contributed by atoms with Gasteiger partial charge in [-0.1, -0.05) is 20.8 Å². The normalized spacial score (nSPS) is 19.1. The minimum absolute atomic E-state index is 0.250. The highest BCUT2D eigenvalue weighted by molar-refractivity contribution is 5.81. The van der Waals surface area contributed by atoms with E-state index in [1.54, 1.807) is 6.20 Å². The fourth-order valence-electron chi connectivity index (χ4n) is 3.81. The lowest BCUT2D eigenvalue weighted by molar-refractivity contribution is -0.140. The molecule has 0 aromatic carbocycles. The number of rotatable bonds is 4. The molecule has 0 radical (unpaired) electrons. The molecule has 2 aromatic rings. The quantitative estimate of drug-likeness (QED) is 0.844. The number of aromatic nitrogens is 5. The Kier molecular flexibility index (Phi) is 4.32. The Morgan fingerprint density at radius 2 is 1.88 bits per heavy atom. The molecule has 1 saturated carbocycles. The molecule has 0 bridgehead atoms. The summed E-state index contributed by atoms with van der Waals surface area (Å²) >= 11 is 0. The number of imidazole rings is 1. The van der Waals surface area contributed by atoms with Crippen molar-refractivity contribution < 1.29 is 4.79 Å². The van der Waals surface area contributed by atoms with Crippen LogP contribution in [-0.2, 0) is 11.3 Å². The Bertz CT molecular complexity index is 761. The maximum Gasteiger partial charge on any atom is 0.227 e. The van der Waals surface area contributed by atoms with Gasteiger partial charge >= 0.3 is 0 Å². The molecule has 2 aliphatic rings. The van der Waals surface area contributed by atoms with Crippen LogP contribution in [0.15, 0.2) is 18.7 Å². The Hall–Kier alpha value is -2.18. The van der Waals surface area contributed by atoms with Crippen molar-refractivity contribution in [3.8, 4) is 0 Å². The largest absolute Gasteiger partial charge is 0.342 e. The fraction of sp³-hybridized carbons (Fsp3) is 0.684. The van der Waals surface area contributed by atoms with Crippen molar-refractivity contribution in [3.05, 3.63) is 30.4 Å². The minimum atomic E-state index is -0.307. The summed E-state index contributed by atoms with van der Waals surface area (Å²) in [5, 5.41) is 9.08.